The Morgan fingerprint density at radius 1 is 1.35 bits per heavy atom. The van der Waals surface area contributed by atoms with Crippen LogP contribution in [0, 0.1) is 12.8 Å². The van der Waals surface area contributed by atoms with E-state index in [0.717, 1.165) is 12.2 Å². The molecule has 2 atom stereocenters. The molecule has 1 aliphatic carbocycles. The molecule has 0 aromatic heterocycles. The highest BCUT2D eigenvalue weighted by molar-refractivity contribution is 5.27. The van der Waals surface area contributed by atoms with Crippen molar-refractivity contribution in [3.63, 3.8) is 0 Å². The lowest BCUT2D eigenvalue weighted by Gasteiger charge is -2.30. The van der Waals surface area contributed by atoms with Crippen molar-refractivity contribution in [2.75, 3.05) is 0 Å². The monoisotopic (exact) mass is 230 g/mol. The Kier molecular flexibility index (Phi) is 3.88. The predicted molar refractivity (Wildman–Crippen MR) is 72.4 cm³/mol. The van der Waals surface area contributed by atoms with Gasteiger partial charge in [0, 0.05) is 0 Å². The van der Waals surface area contributed by atoms with E-state index in [1.54, 1.807) is 0 Å². The fourth-order valence-corrected chi connectivity index (χ4v) is 2.58. The number of allylic oxidation sites excluding steroid dienone is 1. The van der Waals surface area contributed by atoms with Crippen molar-refractivity contribution < 1.29 is 4.74 Å². The van der Waals surface area contributed by atoms with Crippen LogP contribution in [0.15, 0.2) is 36.4 Å². The van der Waals surface area contributed by atoms with E-state index < -0.39 is 0 Å². The second-order valence-electron chi connectivity index (χ2n) is 5.27. The first-order valence-electron chi connectivity index (χ1n) is 6.54. The van der Waals surface area contributed by atoms with Gasteiger partial charge in [-0.05, 0) is 63.1 Å². The van der Waals surface area contributed by atoms with Crippen LogP contribution in [0.1, 0.15) is 38.2 Å². The summed E-state index contributed by atoms with van der Waals surface area (Å²) < 4.78 is 6.08. The second kappa shape index (κ2) is 5.39. The van der Waals surface area contributed by atoms with Crippen LogP contribution in [-0.4, -0.2) is 6.10 Å². The molecule has 0 radical (unpaired) electrons. The van der Waals surface area contributed by atoms with E-state index in [0.29, 0.717) is 12.0 Å². The Morgan fingerprint density at radius 2 is 2.18 bits per heavy atom. The summed E-state index contributed by atoms with van der Waals surface area (Å²) in [6.45, 7) is 8.32. The van der Waals surface area contributed by atoms with Gasteiger partial charge in [0.25, 0.3) is 0 Å². The normalized spacial score (nSPS) is 24.4. The molecule has 17 heavy (non-hydrogen) atoms. The average molecular weight is 230 g/mol. The molecule has 0 unspecified atom stereocenters. The van der Waals surface area contributed by atoms with Gasteiger partial charge in [-0.2, -0.15) is 0 Å². The molecule has 1 saturated carbocycles. The van der Waals surface area contributed by atoms with Gasteiger partial charge in [0.05, 0.1) is 6.10 Å². The second-order valence-corrected chi connectivity index (χ2v) is 5.27. The van der Waals surface area contributed by atoms with Gasteiger partial charge in [-0.3, -0.25) is 0 Å². The van der Waals surface area contributed by atoms with Crippen molar-refractivity contribution in [1.82, 2.24) is 0 Å². The summed E-state index contributed by atoms with van der Waals surface area (Å²) in [5, 5.41) is 0. The third-order valence-corrected chi connectivity index (χ3v) is 3.62. The van der Waals surface area contributed by atoms with Crippen LogP contribution in [0.3, 0.4) is 0 Å². The van der Waals surface area contributed by atoms with E-state index in [4.69, 9.17) is 4.74 Å². The molecule has 1 aromatic carbocycles. The lowest BCUT2D eigenvalue weighted by Crippen LogP contribution is -2.25. The molecule has 0 heterocycles. The lowest BCUT2D eigenvalue weighted by atomic mass is 9.83. The third-order valence-electron chi connectivity index (χ3n) is 3.62. The van der Waals surface area contributed by atoms with Crippen LogP contribution in [0.25, 0.3) is 0 Å². The largest absolute Gasteiger partial charge is 0.490 e. The number of rotatable bonds is 3. The Balaban J connectivity index is 1.97. The van der Waals surface area contributed by atoms with Crippen LogP contribution >= 0.6 is 0 Å². The van der Waals surface area contributed by atoms with E-state index in [1.807, 2.05) is 0 Å². The van der Waals surface area contributed by atoms with E-state index in [2.05, 4.69) is 44.7 Å². The van der Waals surface area contributed by atoms with Gasteiger partial charge < -0.3 is 4.74 Å². The molecule has 92 valence electrons. The van der Waals surface area contributed by atoms with Gasteiger partial charge in [0.1, 0.15) is 5.75 Å². The van der Waals surface area contributed by atoms with Crippen LogP contribution in [0.4, 0.5) is 0 Å². The molecule has 0 saturated heterocycles. The zero-order valence-electron chi connectivity index (χ0n) is 10.9. The summed E-state index contributed by atoms with van der Waals surface area (Å²) >= 11 is 0. The maximum absolute atomic E-state index is 6.08. The number of hydrogen-bond acceptors (Lipinski definition) is 1. The highest BCUT2D eigenvalue weighted by Gasteiger charge is 2.23. The minimum atomic E-state index is 0.368. The molecular formula is C16H22O. The molecule has 0 N–H and O–H groups in total. The molecule has 1 heteroatoms. The number of aryl methyl sites for hydroxylation is 1. The molecule has 1 aromatic rings. The molecule has 0 aliphatic heterocycles. The summed E-state index contributed by atoms with van der Waals surface area (Å²) in [6.07, 6.45) is 5.21. The van der Waals surface area contributed by atoms with Crippen molar-refractivity contribution in [3.8, 4) is 5.75 Å². The van der Waals surface area contributed by atoms with Crippen molar-refractivity contribution in [3.05, 3.63) is 42.0 Å². The quantitative estimate of drug-likeness (QED) is 0.694. The van der Waals surface area contributed by atoms with Crippen molar-refractivity contribution in [2.24, 2.45) is 5.92 Å². The van der Waals surface area contributed by atoms with E-state index in [-0.39, 0.29) is 0 Å². The fraction of sp³-hybridized carbons (Fsp3) is 0.500. The Labute approximate surface area is 104 Å². The molecule has 0 amide bonds. The predicted octanol–water partition coefficient (Wildman–Crippen LogP) is 4.51. The zero-order valence-corrected chi connectivity index (χ0v) is 10.9. The zero-order chi connectivity index (χ0) is 12.3. The topological polar surface area (TPSA) is 9.23 Å². The Hall–Kier alpha value is -1.24. The minimum Gasteiger partial charge on any atom is -0.490 e. The van der Waals surface area contributed by atoms with Gasteiger partial charge in [-0.25, -0.2) is 0 Å². The number of hydrogen-bond donors (Lipinski definition) is 0. The summed E-state index contributed by atoms with van der Waals surface area (Å²) in [5.74, 6) is 1.66. The van der Waals surface area contributed by atoms with Gasteiger partial charge in [0.15, 0.2) is 0 Å². The van der Waals surface area contributed by atoms with Crippen LogP contribution < -0.4 is 4.74 Å². The molecule has 1 nitrogen and oxygen atoms in total. The average Bonchev–Trinajstić information content (AvgIpc) is 2.29. The van der Waals surface area contributed by atoms with E-state index in [1.165, 1.54) is 30.4 Å². The van der Waals surface area contributed by atoms with E-state index in [9.17, 15) is 0 Å². The van der Waals surface area contributed by atoms with Crippen LogP contribution in [0.2, 0.25) is 0 Å². The first-order chi connectivity index (χ1) is 8.15. The molecule has 2 rings (SSSR count). The lowest BCUT2D eigenvalue weighted by molar-refractivity contribution is 0.133. The Morgan fingerprint density at radius 3 is 2.88 bits per heavy atom. The summed E-state index contributed by atoms with van der Waals surface area (Å²) in [4.78, 5) is 0. The SMILES string of the molecule is C=C(C)[C@@H]1CCC[C@H](Oc2cccc(C)c2)C1. The molecule has 0 bridgehead atoms. The number of benzene rings is 1. The maximum Gasteiger partial charge on any atom is 0.119 e. The summed E-state index contributed by atoms with van der Waals surface area (Å²) in [5.41, 5.74) is 2.57. The molecular weight excluding hydrogens is 208 g/mol. The summed E-state index contributed by atoms with van der Waals surface area (Å²) in [7, 11) is 0. The fourth-order valence-electron chi connectivity index (χ4n) is 2.58. The van der Waals surface area contributed by atoms with Gasteiger partial charge >= 0.3 is 0 Å². The first kappa shape index (κ1) is 12.2. The highest BCUT2D eigenvalue weighted by Crippen LogP contribution is 2.31. The third kappa shape index (κ3) is 3.36. The number of ether oxygens (including phenoxy) is 1. The van der Waals surface area contributed by atoms with Crippen LogP contribution in [0.5, 0.6) is 5.75 Å². The molecule has 1 aliphatic rings. The van der Waals surface area contributed by atoms with Crippen LogP contribution in [-0.2, 0) is 0 Å². The maximum atomic E-state index is 6.08. The molecule has 1 fully saturated rings. The van der Waals surface area contributed by atoms with Crippen molar-refractivity contribution in [1.29, 1.82) is 0 Å². The van der Waals surface area contributed by atoms with Gasteiger partial charge in [0.2, 0.25) is 0 Å². The van der Waals surface area contributed by atoms with E-state index >= 15 is 0 Å². The minimum absolute atomic E-state index is 0.368. The van der Waals surface area contributed by atoms with Crippen molar-refractivity contribution >= 4 is 0 Å². The van der Waals surface area contributed by atoms with Crippen molar-refractivity contribution in [2.45, 2.75) is 45.6 Å². The Bertz CT molecular complexity index is 394. The molecule has 0 spiro atoms. The van der Waals surface area contributed by atoms with Gasteiger partial charge in [-0.1, -0.05) is 24.3 Å². The first-order valence-corrected chi connectivity index (χ1v) is 6.54. The summed E-state index contributed by atoms with van der Waals surface area (Å²) in [6, 6.07) is 8.33. The standard InChI is InChI=1S/C16H22O/c1-12(2)14-7-5-9-16(11-14)17-15-8-4-6-13(3)10-15/h4,6,8,10,14,16H,1,5,7,9,11H2,2-3H3/t14-,16+/m1/s1. The van der Waals surface area contributed by atoms with Gasteiger partial charge in [-0.15, -0.1) is 0 Å². The highest BCUT2D eigenvalue weighted by atomic mass is 16.5. The smallest absolute Gasteiger partial charge is 0.119 e.